The monoisotopic (exact) mass is 515 g/mol. The van der Waals surface area contributed by atoms with Crippen LogP contribution in [-0.4, -0.2) is 47.8 Å². The van der Waals surface area contributed by atoms with E-state index in [9.17, 15) is 4.21 Å². The predicted molar refractivity (Wildman–Crippen MR) is 123 cm³/mol. The minimum absolute atomic E-state index is 0. The first-order chi connectivity index (χ1) is 13.2. The van der Waals surface area contributed by atoms with Gasteiger partial charge in [-0.15, -0.1) is 24.0 Å². The number of nitrogens with zero attached hydrogens (tertiary/aromatic N) is 2. The molecule has 3 rings (SSSR count). The number of rotatable bonds is 7. The molecule has 1 heterocycles. The summed E-state index contributed by atoms with van der Waals surface area (Å²) in [7, 11) is 0.948. The molecule has 152 valence electrons. The molecule has 2 aromatic rings. The summed E-state index contributed by atoms with van der Waals surface area (Å²) in [6, 6.07) is 15.4. The van der Waals surface area contributed by atoms with E-state index in [-0.39, 0.29) is 30.8 Å². The Kier molecular flexibility index (Phi) is 9.04. The molecule has 0 amide bonds. The molecule has 0 aromatic heterocycles. The van der Waals surface area contributed by atoms with Crippen LogP contribution < -0.4 is 14.8 Å². The van der Waals surface area contributed by atoms with E-state index in [0.29, 0.717) is 18.8 Å². The van der Waals surface area contributed by atoms with Gasteiger partial charge in [-0.05, 0) is 36.8 Å². The van der Waals surface area contributed by atoms with E-state index in [0.717, 1.165) is 34.5 Å². The average molecular weight is 515 g/mol. The number of aliphatic imine (C=N–C) groups is 1. The van der Waals surface area contributed by atoms with Gasteiger partial charge in [-0.3, -0.25) is 9.20 Å². The standard InChI is InChI=1S/C20H25N3O3S.HI/c1-3-21-20(22-11-12-27(24)17-7-5-4-6-8-17)23(2)14-16-9-10-18-19(13-16)26-15-25-18;/h4-10,13H,3,11-12,14-15H2,1-2H3,(H,21,22);1H. The molecule has 0 aliphatic carbocycles. The first-order valence-corrected chi connectivity index (χ1v) is 10.3. The van der Waals surface area contributed by atoms with Crippen molar-refractivity contribution in [2.75, 3.05) is 32.7 Å². The van der Waals surface area contributed by atoms with E-state index in [1.165, 1.54) is 0 Å². The van der Waals surface area contributed by atoms with E-state index >= 15 is 0 Å². The third-order valence-corrected chi connectivity index (χ3v) is 5.45. The quantitative estimate of drug-likeness (QED) is 0.349. The molecule has 1 atom stereocenters. The summed E-state index contributed by atoms with van der Waals surface area (Å²) >= 11 is 0. The summed E-state index contributed by atoms with van der Waals surface area (Å²) in [6.07, 6.45) is 0. The van der Waals surface area contributed by atoms with Crippen molar-refractivity contribution < 1.29 is 13.7 Å². The van der Waals surface area contributed by atoms with Gasteiger partial charge < -0.3 is 19.7 Å². The predicted octanol–water partition coefficient (Wildman–Crippen LogP) is 3.24. The lowest BCUT2D eigenvalue weighted by atomic mass is 10.2. The van der Waals surface area contributed by atoms with Crippen LogP contribution in [0.3, 0.4) is 0 Å². The van der Waals surface area contributed by atoms with Gasteiger partial charge in [0.05, 0.1) is 17.3 Å². The Morgan fingerprint density at radius 1 is 1.18 bits per heavy atom. The lowest BCUT2D eigenvalue weighted by Crippen LogP contribution is -2.38. The normalized spacial score (nSPS) is 13.6. The molecule has 28 heavy (non-hydrogen) atoms. The molecule has 0 spiro atoms. The van der Waals surface area contributed by atoms with Gasteiger partial charge in [-0.2, -0.15) is 0 Å². The van der Waals surface area contributed by atoms with Gasteiger partial charge in [0.25, 0.3) is 0 Å². The van der Waals surface area contributed by atoms with Crippen LogP contribution >= 0.6 is 24.0 Å². The van der Waals surface area contributed by atoms with Crippen molar-refractivity contribution in [3.63, 3.8) is 0 Å². The zero-order chi connectivity index (χ0) is 19.1. The maximum absolute atomic E-state index is 12.3. The van der Waals surface area contributed by atoms with Crippen molar-refractivity contribution >= 4 is 40.7 Å². The Morgan fingerprint density at radius 3 is 2.68 bits per heavy atom. The van der Waals surface area contributed by atoms with E-state index in [2.05, 4.69) is 10.3 Å². The first-order valence-electron chi connectivity index (χ1n) is 8.98. The topological polar surface area (TPSA) is 63.2 Å². The fourth-order valence-electron chi connectivity index (χ4n) is 2.78. The smallest absolute Gasteiger partial charge is 0.231 e. The molecule has 8 heteroatoms. The van der Waals surface area contributed by atoms with Crippen molar-refractivity contribution in [3.8, 4) is 11.5 Å². The van der Waals surface area contributed by atoms with Gasteiger partial charge in [-0.25, -0.2) is 0 Å². The average Bonchev–Trinajstić information content (AvgIpc) is 3.15. The molecular weight excluding hydrogens is 489 g/mol. The molecular formula is C20H26IN3O3S. The van der Waals surface area contributed by atoms with Crippen molar-refractivity contribution in [2.45, 2.75) is 18.4 Å². The Hall–Kier alpha value is -1.81. The third-order valence-electron chi connectivity index (χ3n) is 4.10. The number of hydrogen-bond donors (Lipinski definition) is 1. The van der Waals surface area contributed by atoms with E-state index in [1.807, 2.05) is 67.4 Å². The number of hydrogen-bond acceptors (Lipinski definition) is 4. The summed E-state index contributed by atoms with van der Waals surface area (Å²) in [5.74, 6) is 2.85. The minimum Gasteiger partial charge on any atom is -0.454 e. The summed E-state index contributed by atoms with van der Waals surface area (Å²) in [5.41, 5.74) is 1.11. The molecule has 1 N–H and O–H groups in total. The molecule has 6 nitrogen and oxygen atoms in total. The molecule has 0 radical (unpaired) electrons. The highest BCUT2D eigenvalue weighted by molar-refractivity contribution is 14.0. The van der Waals surface area contributed by atoms with Gasteiger partial charge >= 0.3 is 0 Å². The molecule has 0 saturated carbocycles. The summed E-state index contributed by atoms with van der Waals surface area (Å²) in [4.78, 5) is 7.52. The lowest BCUT2D eigenvalue weighted by molar-refractivity contribution is 0.174. The number of halogens is 1. The minimum atomic E-state index is -1.04. The zero-order valence-electron chi connectivity index (χ0n) is 16.1. The summed E-state index contributed by atoms with van der Waals surface area (Å²) in [6.45, 7) is 4.26. The third kappa shape index (κ3) is 6.10. The molecule has 0 saturated heterocycles. The van der Waals surface area contributed by atoms with E-state index in [4.69, 9.17) is 9.47 Å². The maximum Gasteiger partial charge on any atom is 0.231 e. The molecule has 0 bridgehead atoms. The maximum atomic E-state index is 12.3. The molecule has 1 unspecified atom stereocenters. The van der Waals surface area contributed by atoms with Gasteiger partial charge in [0.1, 0.15) is 0 Å². The fourth-order valence-corrected chi connectivity index (χ4v) is 3.74. The highest BCUT2D eigenvalue weighted by Crippen LogP contribution is 2.32. The van der Waals surface area contributed by atoms with Crippen molar-refractivity contribution in [1.82, 2.24) is 10.2 Å². The highest BCUT2D eigenvalue weighted by Gasteiger charge is 2.14. The molecule has 0 fully saturated rings. The van der Waals surface area contributed by atoms with Crippen LogP contribution in [0.5, 0.6) is 11.5 Å². The van der Waals surface area contributed by atoms with Gasteiger partial charge in [0.2, 0.25) is 6.79 Å². The molecule has 1 aliphatic rings. The summed E-state index contributed by atoms with van der Waals surface area (Å²) < 4.78 is 23.1. The van der Waals surface area contributed by atoms with Crippen LogP contribution in [0.1, 0.15) is 12.5 Å². The number of guanidine groups is 1. The highest BCUT2D eigenvalue weighted by atomic mass is 127. The van der Waals surface area contributed by atoms with E-state index in [1.54, 1.807) is 0 Å². The number of fused-ring (bicyclic) bond motifs is 1. The van der Waals surface area contributed by atoms with Gasteiger partial charge in [0, 0.05) is 30.8 Å². The van der Waals surface area contributed by atoms with E-state index < -0.39 is 10.8 Å². The second kappa shape index (κ2) is 11.3. The van der Waals surface area contributed by atoms with Gasteiger partial charge in [-0.1, -0.05) is 24.3 Å². The zero-order valence-corrected chi connectivity index (χ0v) is 19.2. The van der Waals surface area contributed by atoms with Crippen molar-refractivity contribution in [1.29, 1.82) is 0 Å². The largest absolute Gasteiger partial charge is 0.454 e. The Morgan fingerprint density at radius 2 is 1.93 bits per heavy atom. The number of ether oxygens (including phenoxy) is 2. The van der Waals surface area contributed by atoms with Gasteiger partial charge in [0.15, 0.2) is 17.5 Å². The Labute approximate surface area is 185 Å². The second-order valence-electron chi connectivity index (χ2n) is 6.14. The van der Waals surface area contributed by atoms with Crippen molar-refractivity contribution in [2.24, 2.45) is 4.99 Å². The fraction of sp³-hybridized carbons (Fsp3) is 0.350. The Bertz CT molecular complexity index is 818. The number of nitrogens with one attached hydrogen (secondary N) is 1. The summed E-state index contributed by atoms with van der Waals surface area (Å²) in [5, 5.41) is 3.29. The Balaban J connectivity index is 0.00000280. The first kappa shape index (κ1) is 22.5. The van der Waals surface area contributed by atoms with Crippen LogP contribution in [-0.2, 0) is 17.3 Å². The van der Waals surface area contributed by atoms with Crippen LogP contribution in [0.2, 0.25) is 0 Å². The van der Waals surface area contributed by atoms with Crippen LogP contribution in [0.4, 0.5) is 0 Å². The van der Waals surface area contributed by atoms with Crippen LogP contribution in [0.15, 0.2) is 58.4 Å². The second-order valence-corrected chi connectivity index (χ2v) is 7.71. The van der Waals surface area contributed by atoms with Crippen LogP contribution in [0.25, 0.3) is 0 Å². The molecule has 1 aliphatic heterocycles. The van der Waals surface area contributed by atoms with Crippen molar-refractivity contribution in [3.05, 3.63) is 54.1 Å². The SMILES string of the molecule is CCNC(=NCCS(=O)c1ccccc1)N(C)Cc1ccc2c(c1)OCO2.I. The number of benzene rings is 2. The van der Waals surface area contributed by atoms with Crippen LogP contribution in [0, 0.1) is 0 Å². The molecule has 2 aromatic carbocycles. The lowest BCUT2D eigenvalue weighted by Gasteiger charge is -2.22.